The van der Waals surface area contributed by atoms with Gasteiger partial charge in [-0.2, -0.15) is 5.10 Å². The molecular formula is C17H27N3O3. The zero-order chi connectivity index (χ0) is 16.3. The third-order valence-corrected chi connectivity index (χ3v) is 5.29. The van der Waals surface area contributed by atoms with Gasteiger partial charge in [0.05, 0.1) is 17.9 Å². The van der Waals surface area contributed by atoms with Crippen molar-refractivity contribution in [3.63, 3.8) is 0 Å². The van der Waals surface area contributed by atoms with Gasteiger partial charge in [0.2, 0.25) is 0 Å². The first kappa shape index (κ1) is 16.5. The van der Waals surface area contributed by atoms with Crippen LogP contribution in [0.3, 0.4) is 0 Å². The molecule has 128 valence electrons. The fourth-order valence-electron chi connectivity index (χ4n) is 3.61. The number of methoxy groups -OCH3 is 1. The van der Waals surface area contributed by atoms with Gasteiger partial charge in [-0.1, -0.05) is 6.42 Å². The van der Waals surface area contributed by atoms with Gasteiger partial charge in [-0.15, -0.1) is 0 Å². The molecule has 0 aromatic carbocycles. The highest BCUT2D eigenvalue weighted by Crippen LogP contribution is 2.43. The Kier molecular flexibility index (Phi) is 5.02. The lowest BCUT2D eigenvalue weighted by Crippen LogP contribution is -2.43. The highest BCUT2D eigenvalue weighted by molar-refractivity contribution is 5.95. The number of amides is 1. The molecule has 1 aliphatic heterocycles. The van der Waals surface area contributed by atoms with E-state index in [1.165, 1.54) is 19.3 Å². The zero-order valence-corrected chi connectivity index (χ0v) is 14.1. The highest BCUT2D eigenvalue weighted by atomic mass is 16.5. The first-order valence-corrected chi connectivity index (χ1v) is 8.52. The third-order valence-electron chi connectivity index (χ3n) is 5.29. The van der Waals surface area contributed by atoms with Crippen LogP contribution in [0.1, 0.15) is 54.1 Å². The molecule has 6 heteroatoms. The van der Waals surface area contributed by atoms with E-state index in [0.29, 0.717) is 12.2 Å². The second kappa shape index (κ2) is 7.01. The molecule has 0 radical (unpaired) electrons. The average molecular weight is 321 g/mol. The van der Waals surface area contributed by atoms with E-state index < -0.39 is 0 Å². The lowest BCUT2D eigenvalue weighted by atomic mass is 9.66. The molecule has 0 bridgehead atoms. The van der Waals surface area contributed by atoms with Crippen LogP contribution >= 0.6 is 0 Å². The number of nitrogens with zero attached hydrogens (tertiary/aromatic N) is 2. The van der Waals surface area contributed by atoms with Gasteiger partial charge >= 0.3 is 0 Å². The van der Waals surface area contributed by atoms with E-state index in [1.807, 2.05) is 13.2 Å². The van der Waals surface area contributed by atoms with E-state index >= 15 is 0 Å². The summed E-state index contributed by atoms with van der Waals surface area (Å²) in [6, 6.07) is 0. The molecular weight excluding hydrogens is 294 g/mol. The molecule has 1 N–H and O–H groups in total. The first-order valence-electron chi connectivity index (χ1n) is 8.52. The Bertz CT molecular complexity index is 545. The van der Waals surface area contributed by atoms with Gasteiger partial charge in [0.15, 0.2) is 0 Å². The third kappa shape index (κ3) is 3.58. The van der Waals surface area contributed by atoms with E-state index in [4.69, 9.17) is 9.47 Å². The van der Waals surface area contributed by atoms with Crippen molar-refractivity contribution in [2.45, 2.75) is 38.0 Å². The fourth-order valence-corrected chi connectivity index (χ4v) is 3.61. The molecule has 1 aliphatic carbocycles. The number of hydrogen-bond donors (Lipinski definition) is 1. The van der Waals surface area contributed by atoms with Crippen molar-refractivity contribution in [2.24, 2.45) is 12.5 Å². The first-order chi connectivity index (χ1) is 11.1. The molecule has 1 atom stereocenters. The number of carbonyl (C=O) groups is 1. The molecule has 1 aromatic rings. The van der Waals surface area contributed by atoms with Gasteiger partial charge in [0.1, 0.15) is 0 Å². The standard InChI is InChI=1S/C17H27N3O3/c1-20-10-14(15(19-20)13-4-8-23-11-13)16(21)18-12-17(5-3-6-17)7-9-22-2/h10,13H,3-9,11-12H2,1-2H3,(H,18,21)/t13-/m1/s1. The summed E-state index contributed by atoms with van der Waals surface area (Å²) >= 11 is 0. The molecule has 2 aliphatic rings. The van der Waals surface area contributed by atoms with Crippen LogP contribution in [0.4, 0.5) is 0 Å². The van der Waals surface area contributed by atoms with Gasteiger partial charge in [0.25, 0.3) is 5.91 Å². The van der Waals surface area contributed by atoms with Gasteiger partial charge < -0.3 is 14.8 Å². The number of rotatable bonds is 7. The molecule has 2 fully saturated rings. The van der Waals surface area contributed by atoms with Crippen molar-refractivity contribution >= 4 is 5.91 Å². The van der Waals surface area contributed by atoms with E-state index in [1.54, 1.807) is 11.8 Å². The normalized spacial score (nSPS) is 22.8. The number of ether oxygens (including phenoxy) is 2. The van der Waals surface area contributed by atoms with Crippen LogP contribution in [0.2, 0.25) is 0 Å². The van der Waals surface area contributed by atoms with E-state index in [0.717, 1.165) is 38.3 Å². The Hall–Kier alpha value is -1.40. The topological polar surface area (TPSA) is 65.4 Å². The zero-order valence-electron chi connectivity index (χ0n) is 14.1. The second-order valence-electron chi connectivity index (χ2n) is 6.94. The summed E-state index contributed by atoms with van der Waals surface area (Å²) in [5.74, 6) is 0.229. The molecule has 23 heavy (non-hydrogen) atoms. The smallest absolute Gasteiger partial charge is 0.254 e. The van der Waals surface area contributed by atoms with Gasteiger partial charge in [0, 0.05) is 46.0 Å². The Balaban J connectivity index is 1.64. The molecule has 1 saturated carbocycles. The molecule has 6 nitrogen and oxygen atoms in total. The van der Waals surface area contributed by atoms with Crippen LogP contribution in [0.25, 0.3) is 0 Å². The molecule has 1 amide bonds. The largest absolute Gasteiger partial charge is 0.385 e. The number of aryl methyl sites for hydroxylation is 1. The predicted octanol–water partition coefficient (Wildman–Crippen LogP) is 1.86. The fraction of sp³-hybridized carbons (Fsp3) is 0.765. The minimum absolute atomic E-state index is 0.0105. The van der Waals surface area contributed by atoms with Crippen molar-refractivity contribution < 1.29 is 14.3 Å². The van der Waals surface area contributed by atoms with Gasteiger partial charge in [-0.3, -0.25) is 9.48 Å². The van der Waals surface area contributed by atoms with Crippen molar-refractivity contribution in [3.8, 4) is 0 Å². The summed E-state index contributed by atoms with van der Waals surface area (Å²) in [4.78, 5) is 12.7. The lowest BCUT2D eigenvalue weighted by Gasteiger charge is -2.42. The summed E-state index contributed by atoms with van der Waals surface area (Å²) < 4.78 is 12.4. The van der Waals surface area contributed by atoms with Gasteiger partial charge in [-0.05, 0) is 31.1 Å². The van der Waals surface area contributed by atoms with E-state index in [2.05, 4.69) is 10.4 Å². The Morgan fingerprint density at radius 3 is 3.00 bits per heavy atom. The lowest BCUT2D eigenvalue weighted by molar-refractivity contribution is 0.0631. The number of carbonyl (C=O) groups excluding carboxylic acids is 1. The molecule has 1 aromatic heterocycles. The van der Waals surface area contributed by atoms with Crippen LogP contribution in [0.15, 0.2) is 6.20 Å². The van der Waals surface area contributed by atoms with Crippen molar-refractivity contribution in [1.29, 1.82) is 0 Å². The van der Waals surface area contributed by atoms with Crippen molar-refractivity contribution in [2.75, 3.05) is 33.5 Å². The maximum absolute atomic E-state index is 12.7. The van der Waals surface area contributed by atoms with Crippen LogP contribution in [0, 0.1) is 5.41 Å². The summed E-state index contributed by atoms with van der Waals surface area (Å²) in [5.41, 5.74) is 1.80. The van der Waals surface area contributed by atoms with Crippen LogP contribution < -0.4 is 5.32 Å². The van der Waals surface area contributed by atoms with Crippen LogP contribution in [0.5, 0.6) is 0 Å². The van der Waals surface area contributed by atoms with Crippen molar-refractivity contribution in [3.05, 3.63) is 17.5 Å². The monoisotopic (exact) mass is 321 g/mol. The van der Waals surface area contributed by atoms with Crippen LogP contribution in [-0.4, -0.2) is 49.2 Å². The Labute approximate surface area is 137 Å². The van der Waals surface area contributed by atoms with E-state index in [-0.39, 0.29) is 17.2 Å². The number of hydrogen-bond acceptors (Lipinski definition) is 4. The van der Waals surface area contributed by atoms with Crippen molar-refractivity contribution in [1.82, 2.24) is 15.1 Å². The summed E-state index contributed by atoms with van der Waals surface area (Å²) in [6.07, 6.45) is 7.37. The minimum Gasteiger partial charge on any atom is -0.385 e. The summed E-state index contributed by atoms with van der Waals surface area (Å²) in [7, 11) is 3.60. The molecule has 1 saturated heterocycles. The molecule has 2 heterocycles. The maximum Gasteiger partial charge on any atom is 0.254 e. The summed E-state index contributed by atoms with van der Waals surface area (Å²) in [5, 5.41) is 7.64. The Morgan fingerprint density at radius 1 is 1.57 bits per heavy atom. The maximum atomic E-state index is 12.7. The van der Waals surface area contributed by atoms with E-state index in [9.17, 15) is 4.79 Å². The highest BCUT2D eigenvalue weighted by Gasteiger charge is 2.37. The number of aromatic nitrogens is 2. The Morgan fingerprint density at radius 2 is 2.39 bits per heavy atom. The van der Waals surface area contributed by atoms with Gasteiger partial charge in [-0.25, -0.2) is 0 Å². The molecule has 0 spiro atoms. The quantitative estimate of drug-likeness (QED) is 0.832. The average Bonchev–Trinajstić information content (AvgIpc) is 3.14. The predicted molar refractivity (Wildman–Crippen MR) is 86.5 cm³/mol. The SMILES string of the molecule is COCCC1(CNC(=O)c2cn(C)nc2[C@@H]2CCOC2)CCC1. The molecule has 3 rings (SSSR count). The number of nitrogens with one attached hydrogen (secondary N) is 1. The molecule has 0 unspecified atom stereocenters. The minimum atomic E-state index is -0.0105. The second-order valence-corrected chi connectivity index (χ2v) is 6.94. The van der Waals surface area contributed by atoms with Crippen LogP contribution in [-0.2, 0) is 16.5 Å². The summed E-state index contributed by atoms with van der Waals surface area (Å²) in [6.45, 7) is 2.90.